The smallest absolute Gasteiger partial charge is 0.345 e. The van der Waals surface area contributed by atoms with Gasteiger partial charge in [-0.1, -0.05) is 38.1 Å². The fraction of sp³-hybridized carbons (Fsp3) is 0.462. The molecular formula is C13H17FO2. The number of esters is 1. The van der Waals surface area contributed by atoms with Gasteiger partial charge in [-0.25, -0.2) is 9.18 Å². The summed E-state index contributed by atoms with van der Waals surface area (Å²) in [4.78, 5) is 11.0. The minimum Gasteiger partial charge on any atom is -0.467 e. The molecule has 2 nitrogen and oxygen atoms in total. The van der Waals surface area contributed by atoms with Gasteiger partial charge in [0, 0.05) is 0 Å². The first-order valence-corrected chi connectivity index (χ1v) is 5.35. The predicted molar refractivity (Wildman–Crippen MR) is 60.8 cm³/mol. The second-order valence-electron chi connectivity index (χ2n) is 4.23. The number of carbonyl (C=O) groups excluding carboxylic acids is 1. The van der Waals surface area contributed by atoms with E-state index < -0.39 is 12.1 Å². The minimum absolute atomic E-state index is 0.347. The Morgan fingerprint density at radius 1 is 1.31 bits per heavy atom. The number of hydrogen-bond donors (Lipinski definition) is 0. The molecule has 0 aromatic heterocycles. The predicted octanol–water partition coefficient (Wildman–Crippen LogP) is 3.07. The van der Waals surface area contributed by atoms with E-state index in [2.05, 4.69) is 18.6 Å². The normalized spacial score (nSPS) is 12.6. The summed E-state index contributed by atoms with van der Waals surface area (Å²) >= 11 is 0. The van der Waals surface area contributed by atoms with Gasteiger partial charge in [0.1, 0.15) is 0 Å². The SMILES string of the molecule is COC(=O)C(F)c1ccc(CC(C)C)cc1. The van der Waals surface area contributed by atoms with Gasteiger partial charge in [-0.05, 0) is 23.5 Å². The van der Waals surface area contributed by atoms with Crippen LogP contribution in [0.5, 0.6) is 0 Å². The van der Waals surface area contributed by atoms with Gasteiger partial charge in [-0.15, -0.1) is 0 Å². The van der Waals surface area contributed by atoms with Crippen LogP contribution in [0.15, 0.2) is 24.3 Å². The summed E-state index contributed by atoms with van der Waals surface area (Å²) in [7, 11) is 1.18. The quantitative estimate of drug-likeness (QED) is 0.735. The maximum absolute atomic E-state index is 13.4. The maximum atomic E-state index is 13.4. The third kappa shape index (κ3) is 3.33. The number of benzene rings is 1. The lowest BCUT2D eigenvalue weighted by atomic mass is 10.0. The van der Waals surface area contributed by atoms with Gasteiger partial charge in [0.2, 0.25) is 6.17 Å². The van der Waals surface area contributed by atoms with Crippen LogP contribution >= 0.6 is 0 Å². The lowest BCUT2D eigenvalue weighted by Crippen LogP contribution is -2.09. The van der Waals surface area contributed by atoms with Crippen molar-refractivity contribution in [2.24, 2.45) is 5.92 Å². The summed E-state index contributed by atoms with van der Waals surface area (Å²) < 4.78 is 17.8. The average molecular weight is 224 g/mol. The molecule has 0 heterocycles. The topological polar surface area (TPSA) is 26.3 Å². The van der Waals surface area contributed by atoms with E-state index in [1.165, 1.54) is 7.11 Å². The largest absolute Gasteiger partial charge is 0.467 e. The molecule has 0 saturated heterocycles. The van der Waals surface area contributed by atoms with Crippen molar-refractivity contribution in [3.63, 3.8) is 0 Å². The monoisotopic (exact) mass is 224 g/mol. The molecule has 0 radical (unpaired) electrons. The number of methoxy groups -OCH3 is 1. The molecule has 0 fully saturated rings. The highest BCUT2D eigenvalue weighted by atomic mass is 19.1. The third-order valence-corrected chi connectivity index (χ3v) is 2.32. The van der Waals surface area contributed by atoms with Crippen molar-refractivity contribution in [3.8, 4) is 0 Å². The molecular weight excluding hydrogens is 207 g/mol. The zero-order valence-corrected chi connectivity index (χ0v) is 9.87. The molecule has 1 rings (SSSR count). The van der Waals surface area contributed by atoms with Gasteiger partial charge in [0.05, 0.1) is 7.11 Å². The van der Waals surface area contributed by atoms with E-state index in [9.17, 15) is 9.18 Å². The second-order valence-corrected chi connectivity index (χ2v) is 4.23. The van der Waals surface area contributed by atoms with Crippen LogP contribution in [-0.2, 0) is 16.0 Å². The van der Waals surface area contributed by atoms with Gasteiger partial charge in [-0.3, -0.25) is 0 Å². The molecule has 0 bridgehead atoms. The number of alkyl halides is 1. The van der Waals surface area contributed by atoms with Crippen LogP contribution in [-0.4, -0.2) is 13.1 Å². The Hall–Kier alpha value is -1.38. The van der Waals surface area contributed by atoms with E-state index >= 15 is 0 Å². The van der Waals surface area contributed by atoms with Crippen molar-refractivity contribution in [2.75, 3.05) is 7.11 Å². The Balaban J connectivity index is 2.74. The van der Waals surface area contributed by atoms with Crippen LogP contribution in [0.2, 0.25) is 0 Å². The number of halogens is 1. The molecule has 1 unspecified atom stereocenters. The maximum Gasteiger partial charge on any atom is 0.345 e. The van der Waals surface area contributed by atoms with Crippen LogP contribution in [0.3, 0.4) is 0 Å². The Labute approximate surface area is 95.4 Å². The van der Waals surface area contributed by atoms with Gasteiger partial charge < -0.3 is 4.74 Å². The van der Waals surface area contributed by atoms with E-state index in [4.69, 9.17) is 0 Å². The summed E-state index contributed by atoms with van der Waals surface area (Å²) in [6, 6.07) is 6.98. The minimum atomic E-state index is -1.68. The van der Waals surface area contributed by atoms with Gasteiger partial charge in [0.25, 0.3) is 0 Å². The molecule has 88 valence electrons. The fourth-order valence-electron chi connectivity index (χ4n) is 1.53. The van der Waals surface area contributed by atoms with Gasteiger partial charge >= 0.3 is 5.97 Å². The van der Waals surface area contributed by atoms with E-state index in [0.717, 1.165) is 12.0 Å². The van der Waals surface area contributed by atoms with Crippen molar-refractivity contribution in [1.29, 1.82) is 0 Å². The first-order chi connectivity index (χ1) is 7.54. The molecule has 0 aliphatic heterocycles. The molecule has 1 aromatic carbocycles. The summed E-state index contributed by atoms with van der Waals surface area (Å²) in [5.74, 6) is -0.288. The zero-order valence-electron chi connectivity index (χ0n) is 9.87. The lowest BCUT2D eigenvalue weighted by Gasteiger charge is -2.08. The van der Waals surface area contributed by atoms with Crippen LogP contribution in [0.4, 0.5) is 4.39 Å². The number of carbonyl (C=O) groups is 1. The summed E-state index contributed by atoms with van der Waals surface area (Å²) in [5.41, 5.74) is 1.50. The highest BCUT2D eigenvalue weighted by molar-refractivity contribution is 5.76. The Morgan fingerprint density at radius 2 is 1.88 bits per heavy atom. The summed E-state index contributed by atoms with van der Waals surface area (Å²) in [5, 5.41) is 0. The van der Waals surface area contributed by atoms with Crippen molar-refractivity contribution in [2.45, 2.75) is 26.4 Å². The molecule has 16 heavy (non-hydrogen) atoms. The van der Waals surface area contributed by atoms with E-state index in [1.54, 1.807) is 12.1 Å². The summed E-state index contributed by atoms with van der Waals surface area (Å²) in [6.07, 6.45) is -0.728. The summed E-state index contributed by atoms with van der Waals surface area (Å²) in [6.45, 7) is 4.25. The van der Waals surface area contributed by atoms with Crippen molar-refractivity contribution < 1.29 is 13.9 Å². The lowest BCUT2D eigenvalue weighted by molar-refractivity contribution is -0.146. The number of hydrogen-bond acceptors (Lipinski definition) is 2. The van der Waals surface area contributed by atoms with Crippen LogP contribution in [0.1, 0.15) is 31.1 Å². The number of rotatable bonds is 4. The van der Waals surface area contributed by atoms with Gasteiger partial charge in [0.15, 0.2) is 0 Å². The third-order valence-electron chi connectivity index (χ3n) is 2.32. The zero-order chi connectivity index (χ0) is 12.1. The van der Waals surface area contributed by atoms with Crippen LogP contribution < -0.4 is 0 Å². The van der Waals surface area contributed by atoms with Crippen LogP contribution in [0.25, 0.3) is 0 Å². The molecule has 1 atom stereocenters. The molecule has 1 aromatic rings. The Kier molecular flexibility index (Phi) is 4.47. The average Bonchev–Trinajstić information content (AvgIpc) is 2.27. The fourth-order valence-corrected chi connectivity index (χ4v) is 1.53. The molecule has 0 saturated carbocycles. The Bertz CT molecular complexity index is 343. The van der Waals surface area contributed by atoms with Crippen molar-refractivity contribution in [1.82, 2.24) is 0 Å². The second kappa shape index (κ2) is 5.64. The van der Waals surface area contributed by atoms with Crippen LogP contribution in [0, 0.1) is 5.92 Å². The van der Waals surface area contributed by atoms with E-state index in [1.807, 2.05) is 12.1 Å². The molecule has 3 heteroatoms. The number of ether oxygens (including phenoxy) is 1. The highest BCUT2D eigenvalue weighted by Crippen LogP contribution is 2.20. The first kappa shape index (κ1) is 12.7. The highest BCUT2D eigenvalue weighted by Gasteiger charge is 2.19. The standard InChI is InChI=1S/C13H17FO2/c1-9(2)8-10-4-6-11(7-5-10)12(14)13(15)16-3/h4-7,9,12H,8H2,1-3H3. The van der Waals surface area contributed by atoms with E-state index in [0.29, 0.717) is 11.5 Å². The molecule has 0 N–H and O–H groups in total. The van der Waals surface area contributed by atoms with Crippen molar-refractivity contribution >= 4 is 5.97 Å². The first-order valence-electron chi connectivity index (χ1n) is 5.35. The van der Waals surface area contributed by atoms with E-state index in [-0.39, 0.29) is 0 Å². The molecule has 0 spiro atoms. The molecule has 0 aliphatic rings. The van der Waals surface area contributed by atoms with Gasteiger partial charge in [-0.2, -0.15) is 0 Å². The molecule has 0 aliphatic carbocycles. The molecule has 0 amide bonds. The Morgan fingerprint density at radius 3 is 2.31 bits per heavy atom. The van der Waals surface area contributed by atoms with Crippen molar-refractivity contribution in [3.05, 3.63) is 35.4 Å².